The molecule has 1 aliphatic carbocycles. The predicted molar refractivity (Wildman–Crippen MR) is 80.5 cm³/mol. The van der Waals surface area contributed by atoms with E-state index in [1.807, 2.05) is 12.1 Å². The van der Waals surface area contributed by atoms with Gasteiger partial charge in [0.25, 0.3) is 0 Å². The summed E-state index contributed by atoms with van der Waals surface area (Å²) >= 11 is 3.38. The molecular formula is C15H17BrN2O2. The van der Waals surface area contributed by atoms with Crippen LogP contribution in [-0.4, -0.2) is 17.1 Å². The first-order chi connectivity index (χ1) is 9.61. The second-order valence-electron chi connectivity index (χ2n) is 5.14. The highest BCUT2D eigenvalue weighted by atomic mass is 79.9. The molecule has 2 unspecified atom stereocenters. The van der Waals surface area contributed by atoms with Crippen molar-refractivity contribution in [1.82, 2.24) is 0 Å². The van der Waals surface area contributed by atoms with E-state index in [1.54, 1.807) is 6.07 Å². The molecule has 5 heteroatoms. The van der Waals surface area contributed by atoms with Gasteiger partial charge in [0.2, 0.25) is 0 Å². The molecule has 20 heavy (non-hydrogen) atoms. The maximum Gasteiger partial charge on any atom is 0.308 e. The van der Waals surface area contributed by atoms with Gasteiger partial charge in [0.1, 0.15) is 6.07 Å². The van der Waals surface area contributed by atoms with E-state index < -0.39 is 5.97 Å². The molecule has 1 saturated carbocycles. The highest BCUT2D eigenvalue weighted by molar-refractivity contribution is 9.10. The minimum Gasteiger partial charge on any atom is -0.481 e. The van der Waals surface area contributed by atoms with Crippen LogP contribution < -0.4 is 5.32 Å². The molecule has 0 heterocycles. The van der Waals surface area contributed by atoms with E-state index >= 15 is 0 Å². The number of anilines is 1. The minimum atomic E-state index is -0.752. The number of hydrogen-bond acceptors (Lipinski definition) is 3. The zero-order chi connectivity index (χ0) is 14.5. The van der Waals surface area contributed by atoms with E-state index in [0.29, 0.717) is 17.7 Å². The molecule has 1 fully saturated rings. The van der Waals surface area contributed by atoms with Gasteiger partial charge in [-0.05, 0) is 31.0 Å². The highest BCUT2D eigenvalue weighted by Gasteiger charge is 2.29. The van der Waals surface area contributed by atoms with E-state index in [2.05, 4.69) is 27.3 Å². The molecule has 2 N–H and O–H groups in total. The molecule has 2 atom stereocenters. The zero-order valence-corrected chi connectivity index (χ0v) is 12.7. The lowest BCUT2D eigenvalue weighted by Crippen LogP contribution is -2.34. The summed E-state index contributed by atoms with van der Waals surface area (Å²) in [6, 6.07) is 7.41. The topological polar surface area (TPSA) is 73.1 Å². The third-order valence-corrected chi connectivity index (χ3v) is 4.27. The van der Waals surface area contributed by atoms with Crippen molar-refractivity contribution < 1.29 is 9.90 Å². The number of aliphatic carboxylic acids is 1. The summed E-state index contributed by atoms with van der Waals surface area (Å²) in [5, 5.41) is 21.8. The van der Waals surface area contributed by atoms with E-state index in [-0.39, 0.29) is 12.0 Å². The minimum absolute atomic E-state index is 0.114. The Morgan fingerprint density at radius 3 is 2.80 bits per heavy atom. The van der Waals surface area contributed by atoms with Crippen molar-refractivity contribution >= 4 is 27.6 Å². The fraction of sp³-hybridized carbons (Fsp3) is 0.467. The van der Waals surface area contributed by atoms with Crippen molar-refractivity contribution in [2.24, 2.45) is 5.92 Å². The van der Waals surface area contributed by atoms with Crippen molar-refractivity contribution in [3.8, 4) is 6.07 Å². The Balaban J connectivity index is 2.24. The van der Waals surface area contributed by atoms with Crippen LogP contribution in [-0.2, 0) is 4.79 Å². The van der Waals surface area contributed by atoms with Crippen LogP contribution in [0.5, 0.6) is 0 Å². The standard InChI is InChI=1S/C15H17BrN2O2/c16-11-7-6-10(9-17)14(8-11)18-13-5-3-1-2-4-12(13)15(19)20/h6-8,12-13,18H,1-5H2,(H,19,20). The second-order valence-corrected chi connectivity index (χ2v) is 6.05. The van der Waals surface area contributed by atoms with Crippen molar-refractivity contribution in [2.45, 2.75) is 38.1 Å². The van der Waals surface area contributed by atoms with Gasteiger partial charge in [0.05, 0.1) is 17.2 Å². The molecule has 0 saturated heterocycles. The van der Waals surface area contributed by atoms with Crippen LogP contribution in [0.4, 0.5) is 5.69 Å². The first kappa shape index (κ1) is 14.9. The van der Waals surface area contributed by atoms with Crippen molar-refractivity contribution in [1.29, 1.82) is 5.26 Å². The Morgan fingerprint density at radius 1 is 1.35 bits per heavy atom. The van der Waals surface area contributed by atoms with Crippen molar-refractivity contribution in [3.63, 3.8) is 0 Å². The number of rotatable bonds is 3. The quantitative estimate of drug-likeness (QED) is 0.824. The summed E-state index contributed by atoms with van der Waals surface area (Å²) in [6.07, 6.45) is 4.58. The lowest BCUT2D eigenvalue weighted by molar-refractivity contribution is -0.142. The number of carboxylic acids is 1. The van der Waals surface area contributed by atoms with Gasteiger partial charge in [-0.3, -0.25) is 4.79 Å². The second kappa shape index (κ2) is 6.76. The number of carboxylic acid groups (broad SMARTS) is 1. The summed E-state index contributed by atoms with van der Waals surface area (Å²) in [7, 11) is 0. The van der Waals surface area contributed by atoms with Gasteiger partial charge in [-0.15, -0.1) is 0 Å². The van der Waals surface area contributed by atoms with Crippen LogP contribution in [0.2, 0.25) is 0 Å². The smallest absolute Gasteiger partial charge is 0.308 e. The monoisotopic (exact) mass is 336 g/mol. The third-order valence-electron chi connectivity index (χ3n) is 3.78. The van der Waals surface area contributed by atoms with Crippen molar-refractivity contribution in [3.05, 3.63) is 28.2 Å². The molecule has 4 nitrogen and oxygen atoms in total. The molecule has 1 aromatic rings. The Hall–Kier alpha value is -1.54. The van der Waals surface area contributed by atoms with Crippen LogP contribution >= 0.6 is 15.9 Å². The fourth-order valence-electron chi connectivity index (χ4n) is 2.71. The first-order valence-electron chi connectivity index (χ1n) is 6.81. The molecule has 2 rings (SSSR count). The summed E-state index contributed by atoms with van der Waals surface area (Å²) in [5.41, 5.74) is 1.25. The van der Waals surface area contributed by atoms with E-state index in [4.69, 9.17) is 5.26 Å². The van der Waals surface area contributed by atoms with Gasteiger partial charge in [0, 0.05) is 10.5 Å². The molecule has 106 valence electrons. The largest absolute Gasteiger partial charge is 0.481 e. The lowest BCUT2D eigenvalue weighted by atomic mass is 9.94. The van der Waals surface area contributed by atoms with Gasteiger partial charge >= 0.3 is 5.97 Å². The predicted octanol–water partition coefficient (Wildman–Crippen LogP) is 3.77. The molecule has 1 aliphatic rings. The molecule has 0 aromatic heterocycles. The number of nitrogens with one attached hydrogen (secondary N) is 1. The third kappa shape index (κ3) is 3.51. The number of hydrogen-bond donors (Lipinski definition) is 2. The molecule has 1 aromatic carbocycles. The van der Waals surface area contributed by atoms with Gasteiger partial charge in [-0.25, -0.2) is 0 Å². The average Bonchev–Trinajstić information content (AvgIpc) is 2.64. The molecule has 0 bridgehead atoms. The van der Waals surface area contributed by atoms with Crippen LogP contribution in [0.15, 0.2) is 22.7 Å². The number of nitriles is 1. The molecule has 0 spiro atoms. The summed E-state index contributed by atoms with van der Waals surface area (Å²) in [5.74, 6) is -1.14. The number of carbonyl (C=O) groups is 1. The van der Waals surface area contributed by atoms with Gasteiger partial charge in [-0.1, -0.05) is 35.2 Å². The van der Waals surface area contributed by atoms with Crippen LogP contribution in [0.25, 0.3) is 0 Å². The van der Waals surface area contributed by atoms with Crippen LogP contribution in [0.1, 0.15) is 37.7 Å². The molecular weight excluding hydrogens is 320 g/mol. The van der Waals surface area contributed by atoms with E-state index in [1.165, 1.54) is 0 Å². The maximum absolute atomic E-state index is 11.4. The van der Waals surface area contributed by atoms with Gasteiger partial charge < -0.3 is 10.4 Å². The first-order valence-corrected chi connectivity index (χ1v) is 7.60. The molecule has 0 radical (unpaired) electrons. The number of halogens is 1. The number of nitrogens with zero attached hydrogens (tertiary/aromatic N) is 1. The van der Waals surface area contributed by atoms with E-state index in [9.17, 15) is 9.90 Å². The Bertz CT molecular complexity index is 539. The highest BCUT2D eigenvalue weighted by Crippen LogP contribution is 2.29. The van der Waals surface area contributed by atoms with Gasteiger partial charge in [0.15, 0.2) is 0 Å². The molecule has 0 aliphatic heterocycles. The van der Waals surface area contributed by atoms with Crippen LogP contribution in [0, 0.1) is 17.2 Å². The maximum atomic E-state index is 11.4. The van der Waals surface area contributed by atoms with E-state index in [0.717, 1.165) is 30.2 Å². The zero-order valence-electron chi connectivity index (χ0n) is 11.1. The summed E-state index contributed by atoms with van der Waals surface area (Å²) in [6.45, 7) is 0. The summed E-state index contributed by atoms with van der Waals surface area (Å²) < 4.78 is 0.875. The Morgan fingerprint density at radius 2 is 2.10 bits per heavy atom. The Kier molecular flexibility index (Phi) is 5.02. The van der Waals surface area contributed by atoms with Crippen LogP contribution in [0.3, 0.4) is 0 Å². The summed E-state index contributed by atoms with van der Waals surface area (Å²) in [4.78, 5) is 11.4. The van der Waals surface area contributed by atoms with Gasteiger partial charge in [-0.2, -0.15) is 5.26 Å². The fourth-order valence-corrected chi connectivity index (χ4v) is 3.07. The van der Waals surface area contributed by atoms with Crippen molar-refractivity contribution in [2.75, 3.05) is 5.32 Å². The molecule has 0 amide bonds. The normalized spacial score (nSPS) is 22.6. The SMILES string of the molecule is N#Cc1ccc(Br)cc1NC1CCCCCC1C(=O)O. The average molecular weight is 337 g/mol. The lowest BCUT2D eigenvalue weighted by Gasteiger charge is -2.24. The Labute approximate surface area is 126 Å². The number of benzene rings is 1.